The molecule has 0 fully saturated rings. The van der Waals surface area contributed by atoms with Gasteiger partial charge in [0.05, 0.1) is 10.6 Å². The molecule has 0 N–H and O–H groups in total. The number of halogens is 5. The van der Waals surface area contributed by atoms with Crippen molar-refractivity contribution >= 4 is 33.3 Å². The lowest BCUT2D eigenvalue weighted by Crippen LogP contribution is -2.07. The molecule has 0 unspecified atom stereocenters. The molecule has 1 aromatic rings. The van der Waals surface area contributed by atoms with E-state index < -0.39 is 11.7 Å². The Morgan fingerprint density at radius 3 is 2.44 bits per heavy atom. The third-order valence-corrected chi connectivity index (χ3v) is 3.26. The zero-order valence-electron chi connectivity index (χ0n) is 9.36. The lowest BCUT2D eigenvalue weighted by molar-refractivity contribution is -0.137. The molecule has 0 aromatic heterocycles. The molecule has 0 spiro atoms. The van der Waals surface area contributed by atoms with Crippen LogP contribution >= 0.6 is 27.5 Å². The molecular weight excluding hydrogens is 332 g/mol. The minimum atomic E-state index is -4.44. The van der Waals surface area contributed by atoms with E-state index in [1.807, 2.05) is 0 Å². The third-order valence-electron chi connectivity index (χ3n) is 2.38. The lowest BCUT2D eigenvalue weighted by atomic mass is 10.0. The van der Waals surface area contributed by atoms with Gasteiger partial charge in [-0.1, -0.05) is 27.5 Å². The third kappa shape index (κ3) is 4.28. The highest BCUT2D eigenvalue weighted by molar-refractivity contribution is 9.09. The molecule has 0 heterocycles. The summed E-state index contributed by atoms with van der Waals surface area (Å²) >= 11 is 8.95. The molecule has 1 aromatic carbocycles. The molecule has 18 heavy (non-hydrogen) atoms. The number of hydrogen-bond donors (Lipinski definition) is 0. The van der Waals surface area contributed by atoms with Crippen LogP contribution in [0.3, 0.4) is 0 Å². The van der Waals surface area contributed by atoms with Crippen LogP contribution in [0.1, 0.15) is 35.2 Å². The van der Waals surface area contributed by atoms with Gasteiger partial charge in [0, 0.05) is 17.3 Å². The van der Waals surface area contributed by atoms with Crippen LogP contribution in [0.2, 0.25) is 5.02 Å². The van der Waals surface area contributed by atoms with Crippen molar-refractivity contribution in [3.8, 4) is 0 Å². The largest absolute Gasteiger partial charge is 0.416 e. The minimum Gasteiger partial charge on any atom is -0.294 e. The fraction of sp³-hybridized carbons (Fsp3) is 0.417. The Morgan fingerprint density at radius 1 is 1.28 bits per heavy atom. The molecule has 0 aliphatic carbocycles. The van der Waals surface area contributed by atoms with Crippen LogP contribution < -0.4 is 0 Å². The zero-order chi connectivity index (χ0) is 13.8. The van der Waals surface area contributed by atoms with Crippen molar-refractivity contribution in [2.45, 2.75) is 25.4 Å². The van der Waals surface area contributed by atoms with Crippen LogP contribution in [0.4, 0.5) is 13.2 Å². The number of alkyl halides is 4. The molecule has 1 rings (SSSR count). The Labute approximate surface area is 116 Å². The molecule has 0 aliphatic rings. The van der Waals surface area contributed by atoms with Crippen molar-refractivity contribution in [2.24, 2.45) is 0 Å². The molecule has 0 saturated carbocycles. The Bertz CT molecular complexity index is 432. The van der Waals surface area contributed by atoms with Gasteiger partial charge in [-0.05, 0) is 31.0 Å². The van der Waals surface area contributed by atoms with Crippen LogP contribution in [0, 0.1) is 0 Å². The van der Waals surface area contributed by atoms with Gasteiger partial charge in [0.2, 0.25) is 0 Å². The summed E-state index contributed by atoms with van der Waals surface area (Å²) in [6, 6.07) is 2.81. The molecule has 0 radical (unpaired) electrons. The van der Waals surface area contributed by atoms with Gasteiger partial charge in [-0.2, -0.15) is 13.2 Å². The van der Waals surface area contributed by atoms with Gasteiger partial charge >= 0.3 is 6.18 Å². The SMILES string of the molecule is O=C(CCCCBr)c1ccc(C(F)(F)F)cc1Cl. The van der Waals surface area contributed by atoms with E-state index in [-0.39, 0.29) is 22.8 Å². The van der Waals surface area contributed by atoms with E-state index in [2.05, 4.69) is 15.9 Å². The van der Waals surface area contributed by atoms with E-state index in [4.69, 9.17) is 11.6 Å². The van der Waals surface area contributed by atoms with Gasteiger partial charge < -0.3 is 0 Å². The zero-order valence-corrected chi connectivity index (χ0v) is 11.7. The first-order valence-corrected chi connectivity index (χ1v) is 6.82. The Kier molecular flexibility index (Phi) is 5.66. The van der Waals surface area contributed by atoms with Crippen molar-refractivity contribution in [2.75, 3.05) is 5.33 Å². The van der Waals surface area contributed by atoms with Gasteiger partial charge in [0.15, 0.2) is 5.78 Å². The second-order valence-electron chi connectivity index (χ2n) is 3.76. The maximum absolute atomic E-state index is 12.4. The van der Waals surface area contributed by atoms with Gasteiger partial charge in [-0.3, -0.25) is 4.79 Å². The second kappa shape index (κ2) is 6.57. The van der Waals surface area contributed by atoms with Crippen LogP contribution in [-0.4, -0.2) is 11.1 Å². The van der Waals surface area contributed by atoms with Crippen LogP contribution in [0.15, 0.2) is 18.2 Å². The van der Waals surface area contributed by atoms with Crippen LogP contribution in [0.25, 0.3) is 0 Å². The van der Waals surface area contributed by atoms with Crippen molar-refractivity contribution in [1.82, 2.24) is 0 Å². The molecule has 0 atom stereocenters. The summed E-state index contributed by atoms with van der Waals surface area (Å²) in [5.74, 6) is -0.227. The number of unbranched alkanes of at least 4 members (excludes halogenated alkanes) is 1. The van der Waals surface area contributed by atoms with E-state index in [0.717, 1.165) is 30.0 Å². The van der Waals surface area contributed by atoms with Gasteiger partial charge in [-0.15, -0.1) is 0 Å². The summed E-state index contributed by atoms with van der Waals surface area (Å²) < 4.78 is 37.2. The summed E-state index contributed by atoms with van der Waals surface area (Å²) in [7, 11) is 0. The Hall–Kier alpha value is -0.550. The molecule has 0 bridgehead atoms. The van der Waals surface area contributed by atoms with E-state index in [0.29, 0.717) is 6.42 Å². The standard InChI is InChI=1S/C12H11BrClF3O/c13-6-2-1-3-11(18)9-5-4-8(7-10(9)14)12(15,16)17/h4-5,7H,1-3,6H2. The predicted molar refractivity (Wildman–Crippen MR) is 68.4 cm³/mol. The number of rotatable bonds is 5. The van der Waals surface area contributed by atoms with Crippen molar-refractivity contribution in [3.63, 3.8) is 0 Å². The first-order chi connectivity index (χ1) is 8.36. The highest BCUT2D eigenvalue weighted by Crippen LogP contribution is 2.32. The van der Waals surface area contributed by atoms with Crippen molar-refractivity contribution in [3.05, 3.63) is 34.3 Å². The maximum Gasteiger partial charge on any atom is 0.416 e. The van der Waals surface area contributed by atoms with E-state index in [1.54, 1.807) is 0 Å². The van der Waals surface area contributed by atoms with Crippen LogP contribution in [0.5, 0.6) is 0 Å². The smallest absolute Gasteiger partial charge is 0.294 e. The Morgan fingerprint density at radius 2 is 1.94 bits per heavy atom. The number of Topliss-reactive ketones (excluding diaryl/α,β-unsaturated/α-hetero) is 1. The lowest BCUT2D eigenvalue weighted by Gasteiger charge is -2.09. The molecular formula is C12H11BrClF3O. The van der Waals surface area contributed by atoms with Gasteiger partial charge in [0.1, 0.15) is 0 Å². The normalized spacial score (nSPS) is 11.6. The second-order valence-corrected chi connectivity index (χ2v) is 4.96. The monoisotopic (exact) mass is 342 g/mol. The quantitative estimate of drug-likeness (QED) is 0.413. The molecule has 0 aliphatic heterocycles. The molecule has 100 valence electrons. The Balaban J connectivity index is 2.82. The maximum atomic E-state index is 12.4. The van der Waals surface area contributed by atoms with Crippen molar-refractivity contribution < 1.29 is 18.0 Å². The number of hydrogen-bond acceptors (Lipinski definition) is 1. The van der Waals surface area contributed by atoms with Crippen molar-refractivity contribution in [1.29, 1.82) is 0 Å². The number of carbonyl (C=O) groups excluding carboxylic acids is 1. The summed E-state index contributed by atoms with van der Waals surface area (Å²) in [5, 5.41) is 0.648. The van der Waals surface area contributed by atoms with E-state index in [1.165, 1.54) is 0 Å². The molecule has 0 saturated heterocycles. The number of ketones is 1. The fourth-order valence-corrected chi connectivity index (χ4v) is 2.11. The first-order valence-electron chi connectivity index (χ1n) is 5.32. The minimum absolute atomic E-state index is 0.145. The summed E-state index contributed by atoms with van der Waals surface area (Å²) in [5.41, 5.74) is -0.691. The highest BCUT2D eigenvalue weighted by Gasteiger charge is 2.31. The first kappa shape index (κ1) is 15.5. The van der Waals surface area contributed by atoms with Crippen LogP contribution in [-0.2, 0) is 6.18 Å². The van der Waals surface area contributed by atoms with E-state index >= 15 is 0 Å². The number of benzene rings is 1. The van der Waals surface area contributed by atoms with Gasteiger partial charge in [0.25, 0.3) is 0 Å². The average Bonchev–Trinajstić information content (AvgIpc) is 2.27. The summed E-state index contributed by atoms with van der Waals surface area (Å²) in [4.78, 5) is 11.7. The topological polar surface area (TPSA) is 17.1 Å². The molecule has 1 nitrogen and oxygen atoms in total. The number of carbonyl (C=O) groups is 1. The highest BCUT2D eigenvalue weighted by atomic mass is 79.9. The van der Waals surface area contributed by atoms with E-state index in [9.17, 15) is 18.0 Å². The average molecular weight is 344 g/mol. The van der Waals surface area contributed by atoms with Gasteiger partial charge in [-0.25, -0.2) is 0 Å². The summed E-state index contributed by atoms with van der Waals surface area (Å²) in [6.45, 7) is 0. The molecule has 6 heteroatoms. The summed E-state index contributed by atoms with van der Waals surface area (Å²) in [6.07, 6.45) is -2.64. The fourth-order valence-electron chi connectivity index (χ4n) is 1.43. The predicted octanol–water partition coefficient (Wildman–Crippen LogP) is 5.11. The molecule has 0 amide bonds.